The van der Waals surface area contributed by atoms with Gasteiger partial charge in [0.05, 0.1) is 5.69 Å². The van der Waals surface area contributed by atoms with Crippen LogP contribution in [0.1, 0.15) is 49.4 Å². The van der Waals surface area contributed by atoms with E-state index >= 15 is 0 Å². The van der Waals surface area contributed by atoms with E-state index in [0.717, 1.165) is 44.7 Å². The molecule has 27 heavy (non-hydrogen) atoms. The number of hydrogen-bond acceptors (Lipinski definition) is 3. The maximum Gasteiger partial charge on any atom is 0.222 e. The highest BCUT2D eigenvalue weighted by Gasteiger charge is 2.43. The summed E-state index contributed by atoms with van der Waals surface area (Å²) in [5.41, 5.74) is 3.83. The van der Waals surface area contributed by atoms with E-state index in [1.54, 1.807) is 0 Å². The molecular formula is C23H29N3O. The summed E-state index contributed by atoms with van der Waals surface area (Å²) in [6.45, 7) is 5.46. The summed E-state index contributed by atoms with van der Waals surface area (Å²) < 4.78 is 0. The van der Waals surface area contributed by atoms with Gasteiger partial charge in [-0.15, -0.1) is 0 Å². The maximum absolute atomic E-state index is 12.7. The van der Waals surface area contributed by atoms with Crippen LogP contribution in [0.3, 0.4) is 0 Å². The van der Waals surface area contributed by atoms with Gasteiger partial charge in [0.25, 0.3) is 0 Å². The lowest BCUT2D eigenvalue weighted by Gasteiger charge is -2.48. The van der Waals surface area contributed by atoms with E-state index in [1.165, 1.54) is 24.0 Å². The van der Waals surface area contributed by atoms with E-state index in [0.29, 0.717) is 6.42 Å². The predicted octanol–water partition coefficient (Wildman–Crippen LogP) is 3.80. The standard InChI is InChI=1S/C23H29N3O/c1-2-22(27)25-16-20-10-4-3-9-19(20)15-23(18-25)12-6-8-14-26(23)17-21-11-5-7-13-24-21/h3-5,7,9-11,13H,2,6,8,12,14-18H2,1H3. The third kappa shape index (κ3) is 3.77. The van der Waals surface area contributed by atoms with Crippen LogP contribution < -0.4 is 0 Å². The molecule has 1 aromatic heterocycles. The van der Waals surface area contributed by atoms with Crippen LogP contribution in [0.4, 0.5) is 0 Å². The Morgan fingerprint density at radius 1 is 1.11 bits per heavy atom. The molecule has 1 saturated heterocycles. The second kappa shape index (κ2) is 7.81. The Hall–Kier alpha value is -2.20. The molecule has 0 radical (unpaired) electrons. The molecule has 1 fully saturated rings. The minimum Gasteiger partial charge on any atom is -0.337 e. The minimum atomic E-state index is 0.00715. The highest BCUT2D eigenvalue weighted by Crippen LogP contribution is 2.37. The van der Waals surface area contributed by atoms with Crippen molar-refractivity contribution in [2.24, 2.45) is 0 Å². The number of piperidine rings is 1. The quantitative estimate of drug-likeness (QED) is 0.832. The van der Waals surface area contributed by atoms with Crippen LogP contribution in [0, 0.1) is 0 Å². The fourth-order valence-electron chi connectivity index (χ4n) is 4.78. The highest BCUT2D eigenvalue weighted by molar-refractivity contribution is 5.76. The highest BCUT2D eigenvalue weighted by atomic mass is 16.2. The molecule has 0 bridgehead atoms. The van der Waals surface area contributed by atoms with Crippen molar-refractivity contribution in [3.05, 3.63) is 65.5 Å². The van der Waals surface area contributed by atoms with E-state index < -0.39 is 0 Å². The van der Waals surface area contributed by atoms with Crippen LogP contribution >= 0.6 is 0 Å². The lowest BCUT2D eigenvalue weighted by Crippen LogP contribution is -2.58. The molecule has 0 saturated carbocycles. The largest absolute Gasteiger partial charge is 0.337 e. The lowest BCUT2D eigenvalue weighted by atomic mass is 9.80. The van der Waals surface area contributed by atoms with E-state index in [1.807, 2.05) is 19.2 Å². The molecule has 3 heterocycles. The molecule has 1 spiro atoms. The Morgan fingerprint density at radius 3 is 2.70 bits per heavy atom. The molecule has 4 nitrogen and oxygen atoms in total. The number of amides is 1. The van der Waals surface area contributed by atoms with E-state index in [-0.39, 0.29) is 11.4 Å². The molecule has 1 unspecified atom stereocenters. The van der Waals surface area contributed by atoms with Gasteiger partial charge in [0.1, 0.15) is 0 Å². The molecular weight excluding hydrogens is 334 g/mol. The van der Waals surface area contributed by atoms with Crippen molar-refractivity contribution in [2.75, 3.05) is 13.1 Å². The molecule has 2 aromatic rings. The molecule has 4 rings (SSSR count). The van der Waals surface area contributed by atoms with Crippen LogP contribution in [0.5, 0.6) is 0 Å². The average molecular weight is 364 g/mol. The number of aromatic nitrogens is 1. The van der Waals surface area contributed by atoms with Crippen LogP contribution in [-0.4, -0.2) is 39.3 Å². The van der Waals surface area contributed by atoms with Gasteiger partial charge in [-0.1, -0.05) is 43.7 Å². The van der Waals surface area contributed by atoms with Crippen molar-refractivity contribution in [3.8, 4) is 0 Å². The number of carbonyl (C=O) groups excluding carboxylic acids is 1. The zero-order valence-corrected chi connectivity index (χ0v) is 16.2. The smallest absolute Gasteiger partial charge is 0.222 e. The number of benzene rings is 1. The predicted molar refractivity (Wildman–Crippen MR) is 107 cm³/mol. The number of nitrogens with zero attached hydrogens (tertiary/aromatic N) is 3. The summed E-state index contributed by atoms with van der Waals surface area (Å²) in [4.78, 5) is 22.0. The van der Waals surface area contributed by atoms with Crippen LogP contribution in [0.15, 0.2) is 48.7 Å². The second-order valence-corrected chi connectivity index (χ2v) is 7.97. The van der Waals surface area contributed by atoms with Crippen molar-refractivity contribution in [1.82, 2.24) is 14.8 Å². The van der Waals surface area contributed by atoms with E-state index in [4.69, 9.17) is 0 Å². The average Bonchev–Trinajstić information content (AvgIpc) is 2.87. The summed E-state index contributed by atoms with van der Waals surface area (Å²) in [5, 5.41) is 0. The fourth-order valence-corrected chi connectivity index (χ4v) is 4.78. The summed E-state index contributed by atoms with van der Waals surface area (Å²) in [7, 11) is 0. The molecule has 0 N–H and O–H groups in total. The first-order chi connectivity index (χ1) is 13.2. The van der Waals surface area contributed by atoms with Crippen molar-refractivity contribution in [3.63, 3.8) is 0 Å². The second-order valence-electron chi connectivity index (χ2n) is 7.97. The molecule has 4 heteroatoms. The lowest BCUT2D eigenvalue weighted by molar-refractivity contribution is -0.134. The van der Waals surface area contributed by atoms with Crippen molar-refractivity contribution in [2.45, 2.75) is 57.7 Å². The summed E-state index contributed by atoms with van der Waals surface area (Å²) in [6.07, 6.45) is 7.05. The molecule has 2 aliphatic rings. The number of fused-ring (bicyclic) bond motifs is 1. The van der Waals surface area contributed by atoms with Gasteiger partial charge in [-0.25, -0.2) is 0 Å². The van der Waals surface area contributed by atoms with Gasteiger partial charge in [-0.2, -0.15) is 0 Å². The zero-order chi connectivity index (χ0) is 18.7. The monoisotopic (exact) mass is 363 g/mol. The zero-order valence-electron chi connectivity index (χ0n) is 16.2. The number of hydrogen-bond donors (Lipinski definition) is 0. The Bertz CT molecular complexity index is 791. The van der Waals surface area contributed by atoms with Crippen LogP contribution in [-0.2, 0) is 24.3 Å². The van der Waals surface area contributed by atoms with Gasteiger partial charge in [0.2, 0.25) is 5.91 Å². The van der Waals surface area contributed by atoms with Gasteiger partial charge in [0, 0.05) is 37.8 Å². The van der Waals surface area contributed by atoms with Crippen LogP contribution in [0.2, 0.25) is 0 Å². The summed E-state index contributed by atoms with van der Waals surface area (Å²) in [5.74, 6) is 0.259. The first-order valence-corrected chi connectivity index (χ1v) is 10.2. The summed E-state index contributed by atoms with van der Waals surface area (Å²) in [6, 6.07) is 14.8. The first kappa shape index (κ1) is 18.2. The molecule has 0 aliphatic carbocycles. The Morgan fingerprint density at radius 2 is 1.93 bits per heavy atom. The molecule has 1 aromatic carbocycles. The molecule has 142 valence electrons. The van der Waals surface area contributed by atoms with Gasteiger partial charge in [0.15, 0.2) is 0 Å². The summed E-state index contributed by atoms with van der Waals surface area (Å²) >= 11 is 0. The van der Waals surface area contributed by atoms with Gasteiger partial charge < -0.3 is 4.90 Å². The van der Waals surface area contributed by atoms with Gasteiger partial charge >= 0.3 is 0 Å². The number of rotatable bonds is 3. The Balaban J connectivity index is 1.71. The fraction of sp³-hybridized carbons (Fsp3) is 0.478. The van der Waals surface area contributed by atoms with Crippen molar-refractivity contribution >= 4 is 5.91 Å². The maximum atomic E-state index is 12.7. The van der Waals surface area contributed by atoms with Crippen molar-refractivity contribution < 1.29 is 4.79 Å². The third-order valence-electron chi connectivity index (χ3n) is 6.21. The number of carbonyl (C=O) groups is 1. The van der Waals surface area contributed by atoms with Crippen molar-refractivity contribution in [1.29, 1.82) is 0 Å². The number of pyridine rings is 1. The topological polar surface area (TPSA) is 36.4 Å². The van der Waals surface area contributed by atoms with E-state index in [9.17, 15) is 4.79 Å². The normalized spacial score (nSPS) is 23.1. The molecule has 2 aliphatic heterocycles. The SMILES string of the molecule is CCC(=O)N1Cc2ccccc2CC2(CCCCN2Cc2ccccn2)C1. The Kier molecular flexibility index (Phi) is 5.26. The Labute approximate surface area is 162 Å². The van der Waals surface area contributed by atoms with Gasteiger partial charge in [-0.05, 0) is 49.1 Å². The third-order valence-corrected chi connectivity index (χ3v) is 6.21. The molecule has 1 atom stereocenters. The minimum absolute atomic E-state index is 0.00715. The first-order valence-electron chi connectivity index (χ1n) is 10.2. The van der Waals surface area contributed by atoms with E-state index in [2.05, 4.69) is 51.2 Å². The van der Waals surface area contributed by atoms with Gasteiger partial charge in [-0.3, -0.25) is 14.7 Å². The molecule has 1 amide bonds. The van der Waals surface area contributed by atoms with Crippen LogP contribution in [0.25, 0.3) is 0 Å². The number of likely N-dealkylation sites (tertiary alicyclic amines) is 1.